The Kier molecular flexibility index (Phi) is 7.10. The fourth-order valence-electron chi connectivity index (χ4n) is 4.95. The standard InChI is InChI=1S/C24H34N4O4/c1-2-18-7-10-24(11-8-18)22(30)28(23(31)26-24)17-21(29)25-20-5-3-19(4-6-20)9-12-27-13-15-32-16-14-27/h3-6,18H,2,7-17H2,1H3,(H,25,29)(H,26,31). The molecule has 1 saturated carbocycles. The quantitative estimate of drug-likeness (QED) is 0.633. The first-order valence-electron chi connectivity index (χ1n) is 11.8. The smallest absolute Gasteiger partial charge is 0.325 e. The summed E-state index contributed by atoms with van der Waals surface area (Å²) < 4.78 is 5.38. The van der Waals surface area contributed by atoms with Crippen LogP contribution in [-0.4, -0.2) is 72.6 Å². The van der Waals surface area contributed by atoms with Gasteiger partial charge in [-0.15, -0.1) is 0 Å². The Morgan fingerprint density at radius 3 is 2.50 bits per heavy atom. The number of anilines is 1. The molecule has 3 fully saturated rings. The van der Waals surface area contributed by atoms with Crippen LogP contribution in [0.3, 0.4) is 0 Å². The van der Waals surface area contributed by atoms with E-state index in [1.54, 1.807) is 0 Å². The van der Waals surface area contributed by atoms with Gasteiger partial charge in [0.05, 0.1) is 13.2 Å². The van der Waals surface area contributed by atoms with E-state index in [0.29, 0.717) is 24.4 Å². The highest BCUT2D eigenvalue weighted by molar-refractivity contribution is 6.10. The summed E-state index contributed by atoms with van der Waals surface area (Å²) in [7, 11) is 0. The average molecular weight is 443 g/mol. The molecule has 2 heterocycles. The summed E-state index contributed by atoms with van der Waals surface area (Å²) in [6.07, 6.45) is 5.20. The lowest BCUT2D eigenvalue weighted by atomic mass is 9.75. The van der Waals surface area contributed by atoms with Crippen molar-refractivity contribution >= 4 is 23.5 Å². The molecule has 0 aromatic heterocycles. The Hall–Kier alpha value is -2.45. The van der Waals surface area contributed by atoms with Gasteiger partial charge in [0.1, 0.15) is 12.1 Å². The highest BCUT2D eigenvalue weighted by atomic mass is 16.5. The second kappa shape index (κ2) is 10.0. The van der Waals surface area contributed by atoms with Crippen molar-refractivity contribution in [2.45, 2.75) is 51.0 Å². The first-order chi connectivity index (χ1) is 15.5. The minimum atomic E-state index is -0.814. The van der Waals surface area contributed by atoms with Crippen molar-refractivity contribution in [1.29, 1.82) is 0 Å². The Balaban J connectivity index is 1.27. The number of nitrogens with zero attached hydrogens (tertiary/aromatic N) is 2. The average Bonchev–Trinajstić information content (AvgIpc) is 3.04. The summed E-state index contributed by atoms with van der Waals surface area (Å²) in [5.41, 5.74) is 1.05. The summed E-state index contributed by atoms with van der Waals surface area (Å²) in [5.74, 6) is -0.0148. The number of urea groups is 1. The summed E-state index contributed by atoms with van der Waals surface area (Å²) >= 11 is 0. The minimum Gasteiger partial charge on any atom is -0.379 e. The zero-order valence-electron chi connectivity index (χ0n) is 18.9. The molecular formula is C24H34N4O4. The number of ether oxygens (including phenoxy) is 1. The number of hydrogen-bond acceptors (Lipinski definition) is 5. The predicted octanol–water partition coefficient (Wildman–Crippen LogP) is 2.39. The molecule has 2 aliphatic heterocycles. The van der Waals surface area contributed by atoms with Crippen molar-refractivity contribution in [2.75, 3.05) is 44.7 Å². The summed E-state index contributed by atoms with van der Waals surface area (Å²) in [6.45, 7) is 6.41. The lowest BCUT2D eigenvalue weighted by Gasteiger charge is -2.34. The number of amides is 4. The molecular weight excluding hydrogens is 408 g/mol. The largest absolute Gasteiger partial charge is 0.379 e. The van der Waals surface area contributed by atoms with Gasteiger partial charge < -0.3 is 15.4 Å². The van der Waals surface area contributed by atoms with Gasteiger partial charge in [0.15, 0.2) is 0 Å². The lowest BCUT2D eigenvalue weighted by Crippen LogP contribution is -2.49. The second-order valence-electron chi connectivity index (χ2n) is 9.20. The van der Waals surface area contributed by atoms with Crippen LogP contribution in [0.4, 0.5) is 10.5 Å². The molecule has 174 valence electrons. The molecule has 4 amide bonds. The number of rotatable bonds is 7. The molecule has 8 heteroatoms. The molecule has 2 saturated heterocycles. The maximum atomic E-state index is 13.0. The first-order valence-corrected chi connectivity index (χ1v) is 11.8. The Labute approximate surface area is 189 Å². The molecule has 1 aliphatic carbocycles. The van der Waals surface area contributed by atoms with E-state index in [4.69, 9.17) is 4.74 Å². The Morgan fingerprint density at radius 2 is 1.84 bits per heavy atom. The van der Waals surface area contributed by atoms with E-state index >= 15 is 0 Å². The van der Waals surface area contributed by atoms with Gasteiger partial charge in [0.25, 0.3) is 5.91 Å². The number of nitrogens with one attached hydrogen (secondary N) is 2. The van der Waals surface area contributed by atoms with E-state index in [-0.39, 0.29) is 18.4 Å². The summed E-state index contributed by atoms with van der Waals surface area (Å²) in [5, 5.41) is 5.69. The monoisotopic (exact) mass is 442 g/mol. The number of carbonyl (C=O) groups is 3. The Bertz CT molecular complexity index is 827. The van der Waals surface area contributed by atoms with Gasteiger partial charge in [-0.05, 0) is 55.7 Å². The second-order valence-corrected chi connectivity index (χ2v) is 9.20. The fourth-order valence-corrected chi connectivity index (χ4v) is 4.95. The number of benzene rings is 1. The van der Waals surface area contributed by atoms with Crippen LogP contribution in [0.5, 0.6) is 0 Å². The molecule has 1 aromatic rings. The van der Waals surface area contributed by atoms with Crippen LogP contribution in [-0.2, 0) is 20.7 Å². The third-order valence-electron chi connectivity index (χ3n) is 7.14. The van der Waals surface area contributed by atoms with Crippen molar-refractivity contribution < 1.29 is 19.1 Å². The van der Waals surface area contributed by atoms with Crippen LogP contribution < -0.4 is 10.6 Å². The fraction of sp³-hybridized carbons (Fsp3) is 0.625. The van der Waals surface area contributed by atoms with Crippen LogP contribution in [0.2, 0.25) is 0 Å². The van der Waals surface area contributed by atoms with Crippen LogP contribution in [0.1, 0.15) is 44.6 Å². The van der Waals surface area contributed by atoms with Crippen LogP contribution in [0.25, 0.3) is 0 Å². The highest BCUT2D eigenvalue weighted by Gasteiger charge is 2.52. The van der Waals surface area contributed by atoms with Gasteiger partial charge in [0.2, 0.25) is 5.91 Å². The van der Waals surface area contributed by atoms with Gasteiger partial charge in [-0.2, -0.15) is 0 Å². The van der Waals surface area contributed by atoms with Gasteiger partial charge in [-0.1, -0.05) is 25.5 Å². The number of hydrogen-bond donors (Lipinski definition) is 2. The Morgan fingerprint density at radius 1 is 1.16 bits per heavy atom. The lowest BCUT2D eigenvalue weighted by molar-refractivity contribution is -0.135. The van der Waals surface area contributed by atoms with Gasteiger partial charge in [-0.25, -0.2) is 4.79 Å². The summed E-state index contributed by atoms with van der Waals surface area (Å²) in [6, 6.07) is 7.28. The van der Waals surface area contributed by atoms with E-state index < -0.39 is 11.6 Å². The third kappa shape index (κ3) is 5.13. The van der Waals surface area contributed by atoms with E-state index in [1.807, 2.05) is 24.3 Å². The predicted molar refractivity (Wildman–Crippen MR) is 121 cm³/mol. The van der Waals surface area contributed by atoms with Crippen molar-refractivity contribution in [1.82, 2.24) is 15.1 Å². The molecule has 8 nitrogen and oxygen atoms in total. The van der Waals surface area contributed by atoms with Crippen molar-refractivity contribution in [3.63, 3.8) is 0 Å². The van der Waals surface area contributed by atoms with E-state index in [1.165, 1.54) is 5.56 Å². The van der Waals surface area contributed by atoms with E-state index in [9.17, 15) is 14.4 Å². The maximum Gasteiger partial charge on any atom is 0.325 e. The van der Waals surface area contributed by atoms with Crippen LogP contribution in [0.15, 0.2) is 24.3 Å². The molecule has 3 aliphatic rings. The van der Waals surface area contributed by atoms with Crippen LogP contribution in [0, 0.1) is 5.92 Å². The molecule has 1 spiro atoms. The number of carbonyl (C=O) groups excluding carboxylic acids is 3. The topological polar surface area (TPSA) is 91.0 Å². The number of imide groups is 1. The molecule has 4 rings (SSSR count). The third-order valence-corrected chi connectivity index (χ3v) is 7.14. The van der Waals surface area contributed by atoms with Gasteiger partial charge >= 0.3 is 6.03 Å². The minimum absolute atomic E-state index is 0.259. The van der Waals surface area contributed by atoms with Crippen molar-refractivity contribution in [2.24, 2.45) is 5.92 Å². The molecule has 0 bridgehead atoms. The zero-order valence-corrected chi connectivity index (χ0v) is 18.9. The summed E-state index contributed by atoms with van der Waals surface area (Å²) in [4.78, 5) is 41.4. The number of morpholine rings is 1. The van der Waals surface area contributed by atoms with E-state index in [0.717, 1.165) is 63.4 Å². The normalized spacial score (nSPS) is 26.4. The first kappa shape index (κ1) is 22.7. The molecule has 0 atom stereocenters. The van der Waals surface area contributed by atoms with E-state index in [2.05, 4.69) is 22.5 Å². The highest BCUT2D eigenvalue weighted by Crippen LogP contribution is 2.37. The van der Waals surface area contributed by atoms with Gasteiger partial charge in [0, 0.05) is 25.3 Å². The zero-order chi connectivity index (χ0) is 22.6. The molecule has 32 heavy (non-hydrogen) atoms. The van der Waals surface area contributed by atoms with Crippen LogP contribution >= 0.6 is 0 Å². The SMILES string of the molecule is CCC1CCC2(CC1)NC(=O)N(CC(=O)Nc1ccc(CCN3CCOCC3)cc1)C2=O. The molecule has 0 radical (unpaired) electrons. The molecule has 1 aromatic carbocycles. The van der Waals surface area contributed by atoms with Crippen molar-refractivity contribution in [3.05, 3.63) is 29.8 Å². The maximum absolute atomic E-state index is 13.0. The molecule has 0 unspecified atom stereocenters. The molecule has 2 N–H and O–H groups in total. The van der Waals surface area contributed by atoms with Crippen molar-refractivity contribution in [3.8, 4) is 0 Å². The van der Waals surface area contributed by atoms with Gasteiger partial charge in [-0.3, -0.25) is 19.4 Å².